The van der Waals surface area contributed by atoms with Crippen LogP contribution in [0.4, 0.5) is 5.82 Å². The third-order valence-corrected chi connectivity index (χ3v) is 3.97. The number of hydrogen-bond donors (Lipinski definition) is 1. The molecule has 5 nitrogen and oxygen atoms in total. The van der Waals surface area contributed by atoms with Gasteiger partial charge in [0.25, 0.3) is 0 Å². The normalized spacial score (nSPS) is 17.4. The predicted molar refractivity (Wildman–Crippen MR) is 75.1 cm³/mol. The molecule has 2 rings (SSSR count). The molecular formula is C13H18ClN3O2. The second-order valence-corrected chi connectivity index (χ2v) is 5.38. The van der Waals surface area contributed by atoms with E-state index in [-0.39, 0.29) is 10.6 Å². The van der Waals surface area contributed by atoms with E-state index in [1.807, 2.05) is 7.05 Å². The number of carbonyl (C=O) groups is 1. The summed E-state index contributed by atoms with van der Waals surface area (Å²) in [7, 11) is 4.07. The average Bonchev–Trinajstić information content (AvgIpc) is 2.39. The molecule has 0 bridgehead atoms. The zero-order valence-corrected chi connectivity index (χ0v) is 11.9. The molecule has 1 fully saturated rings. The van der Waals surface area contributed by atoms with E-state index in [1.54, 1.807) is 6.07 Å². The number of pyridine rings is 1. The highest BCUT2D eigenvalue weighted by Gasteiger charge is 2.22. The number of piperidine rings is 1. The minimum absolute atomic E-state index is 0.103. The quantitative estimate of drug-likeness (QED) is 0.919. The first-order valence-corrected chi connectivity index (χ1v) is 6.67. The minimum atomic E-state index is -1.02. The van der Waals surface area contributed by atoms with Gasteiger partial charge in [0.1, 0.15) is 5.82 Å². The Morgan fingerprint density at radius 2 is 2.16 bits per heavy atom. The first kappa shape index (κ1) is 14.1. The molecule has 1 saturated heterocycles. The van der Waals surface area contributed by atoms with Crippen LogP contribution in [0.25, 0.3) is 0 Å². The number of aromatic carboxylic acids is 1. The highest BCUT2D eigenvalue weighted by Crippen LogP contribution is 2.24. The maximum Gasteiger partial charge on any atom is 0.337 e. The van der Waals surface area contributed by atoms with Crippen LogP contribution < -0.4 is 4.90 Å². The second kappa shape index (κ2) is 5.75. The summed E-state index contributed by atoms with van der Waals surface area (Å²) in [5.74, 6) is -0.359. The van der Waals surface area contributed by atoms with Crippen molar-refractivity contribution in [2.24, 2.45) is 0 Å². The number of aromatic nitrogens is 1. The van der Waals surface area contributed by atoms with Crippen molar-refractivity contribution in [3.05, 3.63) is 22.8 Å². The molecule has 0 aliphatic carbocycles. The maximum atomic E-state index is 11.1. The number of likely N-dealkylation sites (tertiary alicyclic amines) is 1. The fraction of sp³-hybridized carbons (Fsp3) is 0.538. The Bertz CT molecular complexity index is 473. The van der Waals surface area contributed by atoms with Crippen molar-refractivity contribution in [2.75, 3.05) is 32.1 Å². The molecule has 1 aromatic rings. The molecule has 0 unspecified atom stereocenters. The van der Waals surface area contributed by atoms with Gasteiger partial charge in [0.05, 0.1) is 10.6 Å². The lowest BCUT2D eigenvalue weighted by Crippen LogP contribution is -2.42. The number of halogens is 1. The lowest BCUT2D eigenvalue weighted by Gasteiger charge is -2.35. The summed E-state index contributed by atoms with van der Waals surface area (Å²) in [6.07, 6.45) is 3.52. The first-order valence-electron chi connectivity index (χ1n) is 6.29. The fourth-order valence-electron chi connectivity index (χ4n) is 2.35. The maximum absolute atomic E-state index is 11.1. The van der Waals surface area contributed by atoms with Crippen LogP contribution in [0.5, 0.6) is 0 Å². The van der Waals surface area contributed by atoms with Gasteiger partial charge in [-0.05, 0) is 39.0 Å². The Morgan fingerprint density at radius 1 is 1.53 bits per heavy atom. The van der Waals surface area contributed by atoms with Gasteiger partial charge in [0.2, 0.25) is 0 Å². The van der Waals surface area contributed by atoms with Crippen LogP contribution >= 0.6 is 11.6 Å². The summed E-state index contributed by atoms with van der Waals surface area (Å²) >= 11 is 5.83. The summed E-state index contributed by atoms with van der Waals surface area (Å²) < 4.78 is 0. The Balaban J connectivity index is 2.17. The Labute approximate surface area is 117 Å². The van der Waals surface area contributed by atoms with Gasteiger partial charge in [-0.25, -0.2) is 9.78 Å². The van der Waals surface area contributed by atoms with Crippen LogP contribution in [0, 0.1) is 0 Å². The first-order chi connectivity index (χ1) is 8.99. The smallest absolute Gasteiger partial charge is 0.337 e. The van der Waals surface area contributed by atoms with Crippen molar-refractivity contribution in [3.63, 3.8) is 0 Å². The molecule has 0 atom stereocenters. The van der Waals surface area contributed by atoms with Gasteiger partial charge in [0.15, 0.2) is 0 Å². The van der Waals surface area contributed by atoms with Crippen molar-refractivity contribution in [1.29, 1.82) is 0 Å². The zero-order valence-electron chi connectivity index (χ0n) is 11.1. The molecule has 6 heteroatoms. The van der Waals surface area contributed by atoms with Crippen molar-refractivity contribution < 1.29 is 9.90 Å². The molecular weight excluding hydrogens is 266 g/mol. The van der Waals surface area contributed by atoms with Gasteiger partial charge in [-0.3, -0.25) is 0 Å². The van der Waals surface area contributed by atoms with Gasteiger partial charge < -0.3 is 14.9 Å². The average molecular weight is 284 g/mol. The van der Waals surface area contributed by atoms with Crippen molar-refractivity contribution in [3.8, 4) is 0 Å². The zero-order chi connectivity index (χ0) is 14.0. The fourth-order valence-corrected chi connectivity index (χ4v) is 2.54. The highest BCUT2D eigenvalue weighted by molar-refractivity contribution is 6.33. The lowest BCUT2D eigenvalue weighted by molar-refractivity contribution is 0.0697. The van der Waals surface area contributed by atoms with E-state index in [0.29, 0.717) is 11.9 Å². The molecule has 0 spiro atoms. The summed E-state index contributed by atoms with van der Waals surface area (Å²) in [4.78, 5) is 19.7. The van der Waals surface area contributed by atoms with Crippen LogP contribution in [0.2, 0.25) is 5.02 Å². The van der Waals surface area contributed by atoms with E-state index in [0.717, 1.165) is 25.9 Å². The van der Waals surface area contributed by atoms with E-state index in [2.05, 4.69) is 21.8 Å². The predicted octanol–water partition coefficient (Wildman–Crippen LogP) is 1.96. The summed E-state index contributed by atoms with van der Waals surface area (Å²) in [6.45, 7) is 2.10. The van der Waals surface area contributed by atoms with E-state index in [4.69, 9.17) is 16.7 Å². The third-order valence-electron chi connectivity index (χ3n) is 3.67. The van der Waals surface area contributed by atoms with Gasteiger partial charge in [-0.15, -0.1) is 0 Å². The number of hydrogen-bond acceptors (Lipinski definition) is 4. The second-order valence-electron chi connectivity index (χ2n) is 4.97. The number of anilines is 1. The Hall–Kier alpha value is -1.33. The number of carboxylic acids is 1. The molecule has 0 amide bonds. The topological polar surface area (TPSA) is 56.7 Å². The molecule has 2 heterocycles. The van der Waals surface area contributed by atoms with E-state index in [9.17, 15) is 4.79 Å². The van der Waals surface area contributed by atoms with E-state index < -0.39 is 5.97 Å². The molecule has 1 N–H and O–H groups in total. The molecule has 0 radical (unpaired) electrons. The summed E-state index contributed by atoms with van der Waals surface area (Å²) in [6, 6.07) is 1.94. The van der Waals surface area contributed by atoms with Crippen LogP contribution in [0.15, 0.2) is 12.3 Å². The molecule has 104 valence electrons. The number of carboxylic acid groups (broad SMARTS) is 1. The Kier molecular flexibility index (Phi) is 4.27. The molecule has 0 aromatic carbocycles. The molecule has 0 saturated carbocycles. The molecule has 1 aromatic heterocycles. The minimum Gasteiger partial charge on any atom is -0.478 e. The van der Waals surface area contributed by atoms with Crippen molar-refractivity contribution >= 4 is 23.4 Å². The lowest BCUT2D eigenvalue weighted by atomic mass is 10.0. The van der Waals surface area contributed by atoms with Gasteiger partial charge in [-0.2, -0.15) is 0 Å². The largest absolute Gasteiger partial charge is 0.478 e. The highest BCUT2D eigenvalue weighted by atomic mass is 35.5. The third kappa shape index (κ3) is 3.16. The van der Waals surface area contributed by atoms with E-state index in [1.165, 1.54) is 6.20 Å². The molecule has 1 aliphatic heterocycles. The number of nitrogens with zero attached hydrogens (tertiary/aromatic N) is 3. The molecule has 1 aliphatic rings. The molecule has 19 heavy (non-hydrogen) atoms. The van der Waals surface area contributed by atoms with Crippen LogP contribution in [-0.4, -0.2) is 54.2 Å². The van der Waals surface area contributed by atoms with Crippen LogP contribution in [0.3, 0.4) is 0 Å². The van der Waals surface area contributed by atoms with Crippen molar-refractivity contribution in [2.45, 2.75) is 18.9 Å². The monoisotopic (exact) mass is 283 g/mol. The van der Waals surface area contributed by atoms with Crippen molar-refractivity contribution in [1.82, 2.24) is 9.88 Å². The van der Waals surface area contributed by atoms with Gasteiger partial charge in [0, 0.05) is 19.3 Å². The Morgan fingerprint density at radius 3 is 2.74 bits per heavy atom. The number of rotatable bonds is 3. The summed E-state index contributed by atoms with van der Waals surface area (Å²) in [5, 5.41) is 9.25. The van der Waals surface area contributed by atoms with E-state index >= 15 is 0 Å². The SMILES string of the molecule is CN1CCC(N(C)c2cc(C(=O)O)c(Cl)cn2)CC1. The standard InChI is InChI=1S/C13H18ClN3O2/c1-16-5-3-9(4-6-16)17(2)12-7-10(13(18)19)11(14)8-15-12/h7-9H,3-6H2,1-2H3,(H,18,19). The summed E-state index contributed by atoms with van der Waals surface area (Å²) in [5.41, 5.74) is 0.103. The van der Waals surface area contributed by atoms with Crippen LogP contribution in [0.1, 0.15) is 23.2 Å². The van der Waals surface area contributed by atoms with Crippen LogP contribution in [-0.2, 0) is 0 Å². The van der Waals surface area contributed by atoms with Gasteiger partial charge >= 0.3 is 5.97 Å². The van der Waals surface area contributed by atoms with Gasteiger partial charge in [-0.1, -0.05) is 11.6 Å².